The molecule has 0 aromatic rings. The van der Waals surface area contributed by atoms with E-state index in [-0.39, 0.29) is 36.2 Å². The topological polar surface area (TPSA) is 80.7 Å². The van der Waals surface area contributed by atoms with Gasteiger partial charge in [0.25, 0.3) is 10.1 Å². The maximum Gasteiger partial charge on any atom is 0.305 e. The zero-order chi connectivity index (χ0) is 14.6. The number of hydrogen-bond donors (Lipinski definition) is 1. The van der Waals surface area contributed by atoms with Crippen LogP contribution in [0.3, 0.4) is 0 Å². The van der Waals surface area contributed by atoms with Gasteiger partial charge >= 0.3 is 5.97 Å². The normalized spacial score (nSPS) is 10.9. The number of rotatable bonds is 12. The minimum Gasteiger partial charge on any atom is -0.464 e. The van der Waals surface area contributed by atoms with Gasteiger partial charge in [-0.05, 0) is 6.42 Å². The van der Waals surface area contributed by atoms with E-state index in [0.29, 0.717) is 6.42 Å². The van der Waals surface area contributed by atoms with Gasteiger partial charge in [-0.25, -0.2) is 0 Å². The Hall–Kier alpha value is 0.380. The number of unbranched alkanes of at least 4 members (excludes halogenated alkanes) is 7. The Labute approximate surface area is 144 Å². The van der Waals surface area contributed by atoms with E-state index in [4.69, 9.17) is 9.29 Å². The van der Waals surface area contributed by atoms with Crippen LogP contribution in [0.1, 0.15) is 64.7 Å². The van der Waals surface area contributed by atoms with E-state index in [9.17, 15) is 13.2 Å². The van der Waals surface area contributed by atoms with Crippen molar-refractivity contribution >= 4 is 45.6 Å². The first-order valence-electron chi connectivity index (χ1n) is 7.06. The van der Waals surface area contributed by atoms with Crippen LogP contribution < -0.4 is 0 Å². The average Bonchev–Trinajstić information content (AvgIpc) is 2.31. The molecule has 0 aromatic carbocycles. The fourth-order valence-corrected chi connectivity index (χ4v) is 2.03. The Morgan fingerprint density at radius 3 is 2.00 bits per heavy atom. The maximum absolute atomic E-state index is 11.2. The first kappa shape index (κ1) is 22.7. The summed E-state index contributed by atoms with van der Waals surface area (Å²) < 4.78 is 33.9. The molecule has 0 bridgehead atoms. The minimum atomic E-state index is -4.04. The van der Waals surface area contributed by atoms with E-state index in [2.05, 4.69) is 6.92 Å². The molecule has 0 aromatic heterocycles. The van der Waals surface area contributed by atoms with Crippen molar-refractivity contribution in [2.45, 2.75) is 64.7 Å². The molecule has 0 unspecified atom stereocenters. The monoisotopic (exact) mass is 317 g/mol. The molecule has 0 rings (SSSR count). The third kappa shape index (κ3) is 18.4. The summed E-state index contributed by atoms with van der Waals surface area (Å²) in [6, 6.07) is 0. The molecule has 0 aliphatic carbocycles. The molecule has 115 valence electrons. The third-order valence-electron chi connectivity index (χ3n) is 2.84. The van der Waals surface area contributed by atoms with Crippen LogP contribution in [0.25, 0.3) is 0 Å². The first-order valence-corrected chi connectivity index (χ1v) is 8.67. The van der Waals surface area contributed by atoms with Gasteiger partial charge in [0.2, 0.25) is 0 Å². The van der Waals surface area contributed by atoms with Crippen molar-refractivity contribution < 1.29 is 22.5 Å². The second-order valence-electron chi connectivity index (χ2n) is 4.73. The molecule has 7 heteroatoms. The summed E-state index contributed by atoms with van der Waals surface area (Å²) in [5.74, 6) is -0.925. The van der Waals surface area contributed by atoms with Crippen molar-refractivity contribution in [3.63, 3.8) is 0 Å². The summed E-state index contributed by atoms with van der Waals surface area (Å²) in [5, 5.41) is 0. The van der Waals surface area contributed by atoms with E-state index in [1.54, 1.807) is 0 Å². The molecular formula is C13H26NaO5S. The number of carbonyl (C=O) groups excluding carboxylic acids is 1. The van der Waals surface area contributed by atoms with E-state index >= 15 is 0 Å². The van der Waals surface area contributed by atoms with Crippen LogP contribution in [0.5, 0.6) is 0 Å². The molecule has 0 aliphatic rings. The molecule has 0 saturated carbocycles. The molecular weight excluding hydrogens is 291 g/mol. The van der Waals surface area contributed by atoms with Crippen LogP contribution >= 0.6 is 0 Å². The zero-order valence-electron chi connectivity index (χ0n) is 12.8. The Morgan fingerprint density at radius 2 is 1.50 bits per heavy atom. The van der Waals surface area contributed by atoms with Gasteiger partial charge in [-0.3, -0.25) is 9.35 Å². The molecule has 0 spiro atoms. The number of ether oxygens (including phenoxy) is 1. The maximum atomic E-state index is 11.2. The van der Waals surface area contributed by atoms with Crippen molar-refractivity contribution in [1.82, 2.24) is 0 Å². The van der Waals surface area contributed by atoms with Crippen LogP contribution in [0.4, 0.5) is 0 Å². The zero-order valence-corrected chi connectivity index (χ0v) is 15.6. The van der Waals surface area contributed by atoms with Crippen LogP contribution in [-0.4, -0.2) is 60.9 Å². The summed E-state index contributed by atoms with van der Waals surface area (Å²) in [6.45, 7) is 1.92. The molecule has 1 radical (unpaired) electrons. The van der Waals surface area contributed by atoms with Gasteiger partial charge in [0.1, 0.15) is 12.4 Å². The molecule has 0 heterocycles. The SMILES string of the molecule is CCCCCCCCCCC(=O)OCCS(=O)(=O)O.[Na]. The fourth-order valence-electron chi connectivity index (χ4n) is 1.74. The molecule has 0 aliphatic heterocycles. The van der Waals surface area contributed by atoms with Gasteiger partial charge in [-0.1, -0.05) is 51.9 Å². The summed E-state index contributed by atoms with van der Waals surface area (Å²) in [6.07, 6.45) is 9.51. The first-order chi connectivity index (χ1) is 8.95. The molecule has 0 fully saturated rings. The van der Waals surface area contributed by atoms with Crippen LogP contribution in [0.2, 0.25) is 0 Å². The van der Waals surface area contributed by atoms with Crippen molar-refractivity contribution in [1.29, 1.82) is 0 Å². The number of hydrogen-bond acceptors (Lipinski definition) is 4. The predicted molar refractivity (Wildman–Crippen MR) is 80.4 cm³/mol. The van der Waals surface area contributed by atoms with Crippen LogP contribution in [0.15, 0.2) is 0 Å². The van der Waals surface area contributed by atoms with E-state index in [1.165, 1.54) is 32.1 Å². The third-order valence-corrected chi connectivity index (χ3v) is 3.52. The fraction of sp³-hybridized carbons (Fsp3) is 0.923. The molecule has 5 nitrogen and oxygen atoms in total. The quantitative estimate of drug-likeness (QED) is 0.259. The Bertz CT molecular complexity index is 330. The Morgan fingerprint density at radius 1 is 1.00 bits per heavy atom. The average molecular weight is 317 g/mol. The van der Waals surface area contributed by atoms with Crippen LogP contribution in [0, 0.1) is 0 Å². The minimum absolute atomic E-state index is 0. The van der Waals surface area contributed by atoms with Gasteiger partial charge in [0, 0.05) is 36.0 Å². The molecule has 0 saturated heterocycles. The van der Waals surface area contributed by atoms with Crippen molar-refractivity contribution in [3.05, 3.63) is 0 Å². The molecule has 0 atom stereocenters. The van der Waals surface area contributed by atoms with E-state index in [0.717, 1.165) is 19.3 Å². The summed E-state index contributed by atoms with van der Waals surface area (Å²) in [5.41, 5.74) is 0. The molecule has 1 N–H and O–H groups in total. The number of esters is 1. The van der Waals surface area contributed by atoms with Crippen molar-refractivity contribution in [3.8, 4) is 0 Å². The van der Waals surface area contributed by atoms with Gasteiger partial charge in [-0.2, -0.15) is 8.42 Å². The summed E-state index contributed by atoms with van der Waals surface area (Å²) >= 11 is 0. The van der Waals surface area contributed by atoms with Gasteiger partial charge in [0.05, 0.1) is 0 Å². The summed E-state index contributed by atoms with van der Waals surface area (Å²) in [4.78, 5) is 11.2. The molecule has 0 amide bonds. The standard InChI is InChI=1S/C13H26O5S.Na/c1-2-3-4-5-6-7-8-9-10-13(14)18-11-12-19(15,16)17;/h2-12H2,1H3,(H,15,16,17);. The number of carbonyl (C=O) groups is 1. The van der Waals surface area contributed by atoms with Crippen molar-refractivity contribution in [2.24, 2.45) is 0 Å². The Kier molecular flexibility index (Phi) is 16.2. The second-order valence-corrected chi connectivity index (χ2v) is 6.30. The van der Waals surface area contributed by atoms with E-state index in [1.807, 2.05) is 0 Å². The van der Waals surface area contributed by atoms with Crippen molar-refractivity contribution in [2.75, 3.05) is 12.4 Å². The molecule has 20 heavy (non-hydrogen) atoms. The van der Waals surface area contributed by atoms with Gasteiger partial charge in [-0.15, -0.1) is 0 Å². The second kappa shape index (κ2) is 14.3. The largest absolute Gasteiger partial charge is 0.464 e. The van der Waals surface area contributed by atoms with Gasteiger partial charge in [0.15, 0.2) is 0 Å². The van der Waals surface area contributed by atoms with Gasteiger partial charge < -0.3 is 4.74 Å². The van der Waals surface area contributed by atoms with E-state index < -0.39 is 21.8 Å². The Balaban J connectivity index is 0. The smallest absolute Gasteiger partial charge is 0.305 e. The predicted octanol–water partition coefficient (Wildman–Crippen LogP) is 2.57. The summed E-state index contributed by atoms with van der Waals surface area (Å²) in [7, 11) is -4.04. The van der Waals surface area contributed by atoms with Crippen LogP contribution in [-0.2, 0) is 19.6 Å².